The molecule has 21 heavy (non-hydrogen) atoms. The van der Waals surface area contributed by atoms with Crippen LogP contribution in [0.15, 0.2) is 24.4 Å². The van der Waals surface area contributed by atoms with Gasteiger partial charge in [-0.1, -0.05) is 17.7 Å². The lowest BCUT2D eigenvalue weighted by Gasteiger charge is -2.05. The van der Waals surface area contributed by atoms with Gasteiger partial charge in [0.2, 0.25) is 0 Å². The number of fused-ring (bicyclic) bond motifs is 1. The summed E-state index contributed by atoms with van der Waals surface area (Å²) in [6.07, 6.45) is 4.54. The Hall–Kier alpha value is -1.52. The minimum Gasteiger partial charge on any atom is -0.465 e. The molecule has 1 N–H and O–H groups in total. The summed E-state index contributed by atoms with van der Waals surface area (Å²) in [7, 11) is 0. The minimum atomic E-state index is -0.226. The van der Waals surface area contributed by atoms with Crippen molar-refractivity contribution in [3.8, 4) is 0 Å². The number of rotatable bonds is 6. The highest BCUT2D eigenvalue weighted by Crippen LogP contribution is 2.26. The predicted octanol–water partition coefficient (Wildman–Crippen LogP) is 3.11. The van der Waals surface area contributed by atoms with Gasteiger partial charge in [-0.25, -0.2) is 0 Å². The summed E-state index contributed by atoms with van der Waals surface area (Å²) in [5.74, 6) is -0.226. The number of ether oxygens (including phenoxy) is 1. The molecule has 1 saturated carbocycles. The molecule has 1 aliphatic rings. The van der Waals surface area contributed by atoms with Gasteiger partial charge in [-0.15, -0.1) is 0 Å². The van der Waals surface area contributed by atoms with E-state index < -0.39 is 0 Å². The second-order valence-electron chi connectivity index (χ2n) is 5.40. The lowest BCUT2D eigenvalue weighted by molar-refractivity contribution is -0.143. The maximum atomic E-state index is 11.7. The highest BCUT2D eigenvalue weighted by Gasteiger charge is 2.21. The van der Waals surface area contributed by atoms with Crippen LogP contribution in [-0.2, 0) is 22.6 Å². The fourth-order valence-corrected chi connectivity index (χ4v) is 2.67. The molecule has 5 heteroatoms. The number of benzene rings is 1. The summed E-state index contributed by atoms with van der Waals surface area (Å²) >= 11 is 6.09. The van der Waals surface area contributed by atoms with Crippen molar-refractivity contribution in [3.63, 3.8) is 0 Å². The Morgan fingerprint density at radius 1 is 1.48 bits per heavy atom. The molecule has 1 fully saturated rings. The molecule has 0 spiro atoms. The summed E-state index contributed by atoms with van der Waals surface area (Å²) in [6.45, 7) is 3.25. The van der Waals surface area contributed by atoms with Crippen LogP contribution in [0.3, 0.4) is 0 Å². The summed E-state index contributed by atoms with van der Waals surface area (Å²) in [6, 6.07) is 6.46. The number of hydrogen-bond donors (Lipinski definition) is 1. The van der Waals surface area contributed by atoms with E-state index in [9.17, 15) is 4.79 Å². The number of halogens is 1. The van der Waals surface area contributed by atoms with E-state index in [1.54, 1.807) is 0 Å². The normalized spacial score (nSPS) is 14.6. The van der Waals surface area contributed by atoms with Gasteiger partial charge < -0.3 is 14.6 Å². The van der Waals surface area contributed by atoms with E-state index in [1.165, 1.54) is 18.4 Å². The standard InChI is InChI=1S/C16H19ClN2O2/c1-2-21-16(20)10-19-9-11(8-18-13-4-5-13)14-6-3-12(17)7-15(14)19/h3,6-7,9,13,18H,2,4-5,8,10H2,1H3. The highest BCUT2D eigenvalue weighted by molar-refractivity contribution is 6.31. The van der Waals surface area contributed by atoms with Crippen LogP contribution in [0.2, 0.25) is 5.02 Å². The Morgan fingerprint density at radius 2 is 2.29 bits per heavy atom. The average molecular weight is 307 g/mol. The van der Waals surface area contributed by atoms with Crippen molar-refractivity contribution in [2.24, 2.45) is 0 Å². The van der Waals surface area contributed by atoms with Crippen LogP contribution in [0, 0.1) is 0 Å². The Kier molecular flexibility index (Phi) is 4.17. The van der Waals surface area contributed by atoms with Crippen LogP contribution in [0.4, 0.5) is 0 Å². The fraction of sp³-hybridized carbons (Fsp3) is 0.438. The van der Waals surface area contributed by atoms with Gasteiger partial charge in [0.25, 0.3) is 0 Å². The zero-order valence-electron chi connectivity index (χ0n) is 12.1. The molecule has 0 aliphatic heterocycles. The van der Waals surface area contributed by atoms with E-state index in [0.29, 0.717) is 17.7 Å². The van der Waals surface area contributed by atoms with Gasteiger partial charge in [-0.3, -0.25) is 4.79 Å². The maximum absolute atomic E-state index is 11.7. The summed E-state index contributed by atoms with van der Waals surface area (Å²) < 4.78 is 6.95. The third-order valence-corrected chi connectivity index (χ3v) is 3.93. The van der Waals surface area contributed by atoms with E-state index in [1.807, 2.05) is 35.9 Å². The van der Waals surface area contributed by atoms with Crippen LogP contribution in [0.1, 0.15) is 25.3 Å². The molecule has 112 valence electrons. The highest BCUT2D eigenvalue weighted by atomic mass is 35.5. The van der Waals surface area contributed by atoms with Crippen LogP contribution < -0.4 is 5.32 Å². The number of nitrogens with one attached hydrogen (secondary N) is 1. The number of nitrogens with zero attached hydrogens (tertiary/aromatic N) is 1. The molecule has 2 aromatic rings. The predicted molar refractivity (Wildman–Crippen MR) is 83.4 cm³/mol. The molecule has 0 radical (unpaired) electrons. The van der Waals surface area contributed by atoms with Crippen LogP contribution in [0.5, 0.6) is 0 Å². The van der Waals surface area contributed by atoms with Gasteiger partial charge in [-0.05, 0) is 37.5 Å². The van der Waals surface area contributed by atoms with E-state index in [-0.39, 0.29) is 12.5 Å². The quantitative estimate of drug-likeness (QED) is 0.834. The lowest BCUT2D eigenvalue weighted by atomic mass is 10.2. The van der Waals surface area contributed by atoms with Gasteiger partial charge in [0.05, 0.1) is 12.1 Å². The van der Waals surface area contributed by atoms with E-state index in [4.69, 9.17) is 16.3 Å². The second-order valence-corrected chi connectivity index (χ2v) is 5.84. The SMILES string of the molecule is CCOC(=O)Cn1cc(CNC2CC2)c2ccc(Cl)cc21. The van der Waals surface area contributed by atoms with Gasteiger partial charge in [-0.2, -0.15) is 0 Å². The van der Waals surface area contributed by atoms with Crippen molar-refractivity contribution in [1.29, 1.82) is 0 Å². The fourth-order valence-electron chi connectivity index (χ4n) is 2.50. The van der Waals surface area contributed by atoms with Crippen LogP contribution in [0.25, 0.3) is 10.9 Å². The van der Waals surface area contributed by atoms with Crippen LogP contribution >= 0.6 is 11.6 Å². The number of esters is 1. The first-order valence-corrected chi connectivity index (χ1v) is 7.71. The number of aromatic nitrogens is 1. The topological polar surface area (TPSA) is 43.3 Å². The molecule has 0 bridgehead atoms. The van der Waals surface area contributed by atoms with Crippen molar-refractivity contribution < 1.29 is 9.53 Å². The molecular formula is C16H19ClN2O2. The van der Waals surface area contributed by atoms with E-state index in [2.05, 4.69) is 5.32 Å². The molecule has 0 amide bonds. The summed E-state index contributed by atoms with van der Waals surface area (Å²) in [4.78, 5) is 11.7. The maximum Gasteiger partial charge on any atom is 0.325 e. The third-order valence-electron chi connectivity index (χ3n) is 3.69. The molecule has 1 heterocycles. The lowest BCUT2D eigenvalue weighted by Crippen LogP contribution is -2.15. The first-order chi connectivity index (χ1) is 10.2. The Balaban J connectivity index is 1.89. The van der Waals surface area contributed by atoms with Gasteiger partial charge in [0.15, 0.2) is 0 Å². The van der Waals surface area contributed by atoms with Crippen molar-refractivity contribution >= 4 is 28.5 Å². The van der Waals surface area contributed by atoms with Gasteiger partial charge in [0.1, 0.15) is 6.54 Å². The molecule has 1 aromatic heterocycles. The Bertz CT molecular complexity index is 662. The molecule has 1 aliphatic carbocycles. The third kappa shape index (κ3) is 3.39. The molecule has 0 unspecified atom stereocenters. The monoisotopic (exact) mass is 306 g/mol. The van der Waals surface area contributed by atoms with Crippen molar-refractivity contribution in [2.75, 3.05) is 6.61 Å². The molecule has 0 atom stereocenters. The zero-order chi connectivity index (χ0) is 14.8. The smallest absolute Gasteiger partial charge is 0.325 e. The van der Waals surface area contributed by atoms with Crippen molar-refractivity contribution in [2.45, 2.75) is 38.9 Å². The number of hydrogen-bond acceptors (Lipinski definition) is 3. The first-order valence-electron chi connectivity index (χ1n) is 7.33. The number of carbonyl (C=O) groups is 1. The summed E-state index contributed by atoms with van der Waals surface area (Å²) in [5.41, 5.74) is 2.17. The van der Waals surface area contributed by atoms with Crippen molar-refractivity contribution in [1.82, 2.24) is 9.88 Å². The average Bonchev–Trinajstić information content (AvgIpc) is 3.22. The van der Waals surface area contributed by atoms with E-state index >= 15 is 0 Å². The largest absolute Gasteiger partial charge is 0.465 e. The molecule has 4 nitrogen and oxygen atoms in total. The minimum absolute atomic E-state index is 0.216. The number of carbonyl (C=O) groups excluding carboxylic acids is 1. The zero-order valence-corrected chi connectivity index (χ0v) is 12.8. The van der Waals surface area contributed by atoms with E-state index in [0.717, 1.165) is 17.4 Å². The van der Waals surface area contributed by atoms with Gasteiger partial charge >= 0.3 is 5.97 Å². The molecular weight excluding hydrogens is 288 g/mol. The molecule has 1 aromatic carbocycles. The first kappa shape index (κ1) is 14.4. The van der Waals surface area contributed by atoms with Crippen LogP contribution in [-0.4, -0.2) is 23.2 Å². The Morgan fingerprint density at radius 3 is 3.00 bits per heavy atom. The summed E-state index contributed by atoms with van der Waals surface area (Å²) in [5, 5.41) is 5.32. The van der Waals surface area contributed by atoms with Gasteiger partial charge in [0, 0.05) is 29.2 Å². The van der Waals surface area contributed by atoms with Crippen molar-refractivity contribution in [3.05, 3.63) is 35.0 Å². The molecule has 0 saturated heterocycles. The second kappa shape index (κ2) is 6.08. The molecule has 3 rings (SSSR count). The Labute approximate surface area is 129 Å².